The standard InChI is InChI=1S/C18H16BrF3N2O2S/c1-11(25)23-15-7-2-12(18(20,21)22)10-16(15)24-17(26)8-9-27-14-5-3-13(19)4-6-14/h2-7,10H,8-9H2,1H3,(H,23,25)(H,24,26). The quantitative estimate of drug-likeness (QED) is 0.555. The van der Waals surface area contributed by atoms with E-state index in [9.17, 15) is 22.8 Å². The lowest BCUT2D eigenvalue weighted by atomic mass is 10.1. The second-order valence-electron chi connectivity index (χ2n) is 5.54. The summed E-state index contributed by atoms with van der Waals surface area (Å²) in [5.41, 5.74) is -0.876. The van der Waals surface area contributed by atoms with E-state index in [1.807, 2.05) is 24.3 Å². The summed E-state index contributed by atoms with van der Waals surface area (Å²) in [6, 6.07) is 10.3. The lowest BCUT2D eigenvalue weighted by Crippen LogP contribution is -2.16. The van der Waals surface area contributed by atoms with Gasteiger partial charge in [-0.3, -0.25) is 9.59 Å². The summed E-state index contributed by atoms with van der Waals surface area (Å²) >= 11 is 4.79. The molecule has 2 aromatic rings. The average Bonchev–Trinajstić information content (AvgIpc) is 2.57. The van der Waals surface area contributed by atoms with Crippen molar-refractivity contribution in [3.63, 3.8) is 0 Å². The molecule has 9 heteroatoms. The number of anilines is 2. The molecule has 0 heterocycles. The van der Waals surface area contributed by atoms with Gasteiger partial charge in [0.05, 0.1) is 16.9 Å². The van der Waals surface area contributed by atoms with Crippen LogP contribution in [0, 0.1) is 0 Å². The first-order valence-electron chi connectivity index (χ1n) is 7.82. The van der Waals surface area contributed by atoms with Crippen LogP contribution >= 0.6 is 27.7 Å². The van der Waals surface area contributed by atoms with Crippen molar-refractivity contribution in [2.75, 3.05) is 16.4 Å². The maximum atomic E-state index is 12.9. The van der Waals surface area contributed by atoms with Crippen molar-refractivity contribution in [2.45, 2.75) is 24.4 Å². The van der Waals surface area contributed by atoms with Crippen LogP contribution in [0.1, 0.15) is 18.9 Å². The number of rotatable bonds is 6. The minimum atomic E-state index is -4.55. The third-order valence-corrected chi connectivity index (χ3v) is 4.89. The van der Waals surface area contributed by atoms with Crippen molar-refractivity contribution < 1.29 is 22.8 Å². The molecular weight excluding hydrogens is 445 g/mol. The molecule has 0 spiro atoms. The fourth-order valence-electron chi connectivity index (χ4n) is 2.13. The maximum Gasteiger partial charge on any atom is 0.416 e. The monoisotopic (exact) mass is 460 g/mol. The molecule has 0 unspecified atom stereocenters. The van der Waals surface area contributed by atoms with Gasteiger partial charge < -0.3 is 10.6 Å². The van der Waals surface area contributed by atoms with E-state index < -0.39 is 23.6 Å². The number of alkyl halides is 3. The van der Waals surface area contributed by atoms with Crippen LogP contribution in [0.2, 0.25) is 0 Å². The van der Waals surface area contributed by atoms with Crippen LogP contribution in [0.4, 0.5) is 24.5 Å². The maximum absolute atomic E-state index is 12.9. The van der Waals surface area contributed by atoms with E-state index in [4.69, 9.17) is 0 Å². The van der Waals surface area contributed by atoms with Crippen LogP contribution in [0.25, 0.3) is 0 Å². The van der Waals surface area contributed by atoms with Gasteiger partial charge in [0.25, 0.3) is 0 Å². The van der Waals surface area contributed by atoms with Crippen molar-refractivity contribution in [3.05, 3.63) is 52.5 Å². The molecule has 0 fully saturated rings. The van der Waals surface area contributed by atoms with Gasteiger partial charge in [-0.15, -0.1) is 11.8 Å². The van der Waals surface area contributed by atoms with Crippen LogP contribution in [-0.2, 0) is 15.8 Å². The second-order valence-corrected chi connectivity index (χ2v) is 7.62. The molecule has 2 aromatic carbocycles. The molecule has 27 heavy (non-hydrogen) atoms. The van der Waals surface area contributed by atoms with Gasteiger partial charge in [-0.2, -0.15) is 13.2 Å². The fourth-order valence-corrected chi connectivity index (χ4v) is 3.24. The number of carbonyl (C=O) groups excluding carboxylic acids is 2. The zero-order valence-corrected chi connectivity index (χ0v) is 16.6. The molecule has 0 atom stereocenters. The predicted octanol–water partition coefficient (Wildman–Crippen LogP) is 5.55. The number of thioether (sulfide) groups is 1. The second kappa shape index (κ2) is 9.27. The van der Waals surface area contributed by atoms with Crippen molar-refractivity contribution in [2.24, 2.45) is 0 Å². The number of hydrogen-bond donors (Lipinski definition) is 2. The molecule has 0 aliphatic carbocycles. The number of hydrogen-bond acceptors (Lipinski definition) is 3. The average molecular weight is 461 g/mol. The van der Waals surface area contributed by atoms with E-state index in [0.717, 1.165) is 27.6 Å². The zero-order chi connectivity index (χ0) is 20.0. The Morgan fingerprint density at radius 1 is 1.04 bits per heavy atom. The van der Waals surface area contributed by atoms with Gasteiger partial charge in [0.15, 0.2) is 0 Å². The number of halogens is 4. The summed E-state index contributed by atoms with van der Waals surface area (Å²) in [7, 11) is 0. The Morgan fingerprint density at radius 3 is 2.30 bits per heavy atom. The Balaban J connectivity index is 2.03. The highest BCUT2D eigenvalue weighted by Gasteiger charge is 2.31. The van der Waals surface area contributed by atoms with Gasteiger partial charge in [-0.05, 0) is 42.5 Å². The predicted molar refractivity (Wildman–Crippen MR) is 104 cm³/mol. The third-order valence-electron chi connectivity index (χ3n) is 3.34. The van der Waals surface area contributed by atoms with E-state index in [0.29, 0.717) is 5.75 Å². The number of nitrogens with one attached hydrogen (secondary N) is 2. The first-order valence-corrected chi connectivity index (χ1v) is 9.60. The molecule has 2 N–H and O–H groups in total. The van der Waals surface area contributed by atoms with Gasteiger partial charge in [0, 0.05) is 28.5 Å². The molecule has 0 aliphatic heterocycles. The third kappa shape index (κ3) is 6.91. The summed E-state index contributed by atoms with van der Waals surface area (Å²) in [6.45, 7) is 1.23. The van der Waals surface area contributed by atoms with Gasteiger partial charge in [0.2, 0.25) is 11.8 Å². The van der Waals surface area contributed by atoms with Crippen molar-refractivity contribution >= 4 is 50.9 Å². The van der Waals surface area contributed by atoms with E-state index in [-0.39, 0.29) is 17.8 Å². The molecule has 144 valence electrons. The van der Waals surface area contributed by atoms with Gasteiger partial charge in [0.1, 0.15) is 0 Å². The number of benzene rings is 2. The zero-order valence-electron chi connectivity index (χ0n) is 14.2. The first-order chi connectivity index (χ1) is 12.6. The molecular formula is C18H16BrF3N2O2S. The summed E-state index contributed by atoms with van der Waals surface area (Å²) in [5.74, 6) is -0.427. The SMILES string of the molecule is CC(=O)Nc1ccc(C(F)(F)F)cc1NC(=O)CCSc1ccc(Br)cc1. The lowest BCUT2D eigenvalue weighted by molar-refractivity contribution is -0.137. The summed E-state index contributed by atoms with van der Waals surface area (Å²) in [5, 5.41) is 4.86. The Morgan fingerprint density at radius 2 is 1.70 bits per heavy atom. The van der Waals surface area contributed by atoms with Gasteiger partial charge >= 0.3 is 6.18 Å². The summed E-state index contributed by atoms with van der Waals surface area (Å²) < 4.78 is 39.7. The number of carbonyl (C=O) groups is 2. The molecule has 2 rings (SSSR count). The Labute approximate surface area is 167 Å². The minimum absolute atomic E-state index is 0.0846. The van der Waals surface area contributed by atoms with Crippen LogP contribution in [0.15, 0.2) is 51.8 Å². The van der Waals surface area contributed by atoms with Crippen molar-refractivity contribution in [1.29, 1.82) is 0 Å². The van der Waals surface area contributed by atoms with E-state index >= 15 is 0 Å². The fraction of sp³-hybridized carbons (Fsp3) is 0.222. The molecule has 0 saturated carbocycles. The molecule has 0 aliphatic rings. The van der Waals surface area contributed by atoms with Crippen LogP contribution in [0.5, 0.6) is 0 Å². The van der Waals surface area contributed by atoms with E-state index in [1.54, 1.807) is 0 Å². The highest BCUT2D eigenvalue weighted by Crippen LogP contribution is 2.34. The highest BCUT2D eigenvalue weighted by molar-refractivity contribution is 9.10. The Hall–Kier alpha value is -2.00. The van der Waals surface area contributed by atoms with Gasteiger partial charge in [-0.25, -0.2) is 0 Å². The van der Waals surface area contributed by atoms with Gasteiger partial charge in [-0.1, -0.05) is 15.9 Å². The first kappa shape index (κ1) is 21.3. The molecule has 4 nitrogen and oxygen atoms in total. The Kier molecular flexibility index (Phi) is 7.32. The topological polar surface area (TPSA) is 58.2 Å². The molecule has 0 aromatic heterocycles. The Bertz CT molecular complexity index is 826. The van der Waals surface area contributed by atoms with E-state index in [1.165, 1.54) is 18.7 Å². The molecule has 2 amide bonds. The van der Waals surface area contributed by atoms with Crippen LogP contribution in [0.3, 0.4) is 0 Å². The lowest BCUT2D eigenvalue weighted by Gasteiger charge is -2.15. The van der Waals surface area contributed by atoms with Crippen molar-refractivity contribution in [3.8, 4) is 0 Å². The summed E-state index contributed by atoms with van der Waals surface area (Å²) in [4.78, 5) is 24.3. The smallest absolute Gasteiger partial charge is 0.325 e. The number of amides is 2. The van der Waals surface area contributed by atoms with Crippen LogP contribution in [-0.4, -0.2) is 17.6 Å². The largest absolute Gasteiger partial charge is 0.416 e. The molecule has 0 saturated heterocycles. The summed E-state index contributed by atoms with van der Waals surface area (Å²) in [6.07, 6.45) is -4.44. The molecule has 0 radical (unpaired) electrons. The normalized spacial score (nSPS) is 11.1. The highest BCUT2D eigenvalue weighted by atomic mass is 79.9. The minimum Gasteiger partial charge on any atom is -0.325 e. The van der Waals surface area contributed by atoms with E-state index in [2.05, 4.69) is 26.6 Å². The van der Waals surface area contributed by atoms with Crippen LogP contribution < -0.4 is 10.6 Å². The van der Waals surface area contributed by atoms with Crippen molar-refractivity contribution in [1.82, 2.24) is 0 Å². The molecule has 0 bridgehead atoms.